The van der Waals surface area contributed by atoms with E-state index >= 15 is 0 Å². The maximum atomic E-state index is 12.2. The first kappa shape index (κ1) is 16.2. The molecule has 0 unspecified atom stereocenters. The van der Waals surface area contributed by atoms with Gasteiger partial charge < -0.3 is 9.47 Å². The maximum Gasteiger partial charge on any atom is 0.330 e. The summed E-state index contributed by atoms with van der Waals surface area (Å²) in [5.74, 6) is -0.272. The van der Waals surface area contributed by atoms with E-state index in [1.807, 2.05) is 0 Å². The van der Waals surface area contributed by atoms with Crippen LogP contribution in [0, 0.1) is 0 Å². The smallest absolute Gasteiger partial charge is 0.330 e. The Labute approximate surface area is 118 Å². The van der Waals surface area contributed by atoms with Gasteiger partial charge in [-0.3, -0.25) is 0 Å². The third-order valence-electron chi connectivity index (χ3n) is 2.56. The van der Waals surface area contributed by atoms with E-state index in [1.165, 1.54) is 52.6 Å². The number of sulfonamides is 1. The van der Waals surface area contributed by atoms with Gasteiger partial charge >= 0.3 is 5.97 Å². The molecule has 0 amide bonds. The highest BCUT2D eigenvalue weighted by molar-refractivity contribution is 7.89. The van der Waals surface area contributed by atoms with Gasteiger partial charge in [-0.2, -0.15) is 0 Å². The number of esters is 1. The molecule has 0 saturated heterocycles. The lowest BCUT2D eigenvalue weighted by Crippen LogP contribution is -2.22. The van der Waals surface area contributed by atoms with Gasteiger partial charge in [0.15, 0.2) is 0 Å². The highest BCUT2D eigenvalue weighted by Crippen LogP contribution is 2.27. The number of carbonyl (C=O) groups excluding carboxylic acids is 1. The molecule has 110 valence electrons. The summed E-state index contributed by atoms with van der Waals surface area (Å²) in [4.78, 5) is 11.1. The largest absolute Gasteiger partial charge is 0.495 e. The Hall–Kier alpha value is -1.86. The van der Waals surface area contributed by atoms with Crippen LogP contribution in [0.3, 0.4) is 0 Å². The minimum atomic E-state index is -3.63. The van der Waals surface area contributed by atoms with Crippen molar-refractivity contribution in [2.24, 2.45) is 0 Å². The van der Waals surface area contributed by atoms with Gasteiger partial charge in [0.1, 0.15) is 10.6 Å². The molecule has 0 bridgehead atoms. The second-order valence-corrected chi connectivity index (χ2v) is 6.17. The zero-order chi connectivity index (χ0) is 15.3. The molecule has 0 aliphatic rings. The van der Waals surface area contributed by atoms with Crippen molar-refractivity contribution in [2.45, 2.75) is 4.90 Å². The summed E-state index contributed by atoms with van der Waals surface area (Å²) in [5, 5.41) is 0. The number of benzene rings is 1. The molecule has 1 rings (SSSR count). The van der Waals surface area contributed by atoms with Crippen molar-refractivity contribution in [1.29, 1.82) is 0 Å². The van der Waals surface area contributed by atoms with Crippen LogP contribution in [0.15, 0.2) is 29.2 Å². The predicted molar refractivity (Wildman–Crippen MR) is 74.9 cm³/mol. The number of rotatable bonds is 5. The zero-order valence-electron chi connectivity index (χ0n) is 11.8. The fourth-order valence-corrected chi connectivity index (χ4v) is 2.51. The Balaban J connectivity index is 3.30. The van der Waals surface area contributed by atoms with Gasteiger partial charge in [-0.25, -0.2) is 17.5 Å². The molecule has 0 radical (unpaired) electrons. The lowest BCUT2D eigenvalue weighted by molar-refractivity contribution is -0.134. The quantitative estimate of drug-likeness (QED) is 0.602. The number of hydrogen-bond acceptors (Lipinski definition) is 5. The average molecular weight is 299 g/mol. The molecule has 0 atom stereocenters. The Morgan fingerprint density at radius 3 is 2.40 bits per heavy atom. The molecule has 1 aromatic rings. The van der Waals surface area contributed by atoms with Gasteiger partial charge in [-0.05, 0) is 23.8 Å². The highest BCUT2D eigenvalue weighted by atomic mass is 32.2. The predicted octanol–water partition coefficient (Wildman–Crippen LogP) is 1.13. The third kappa shape index (κ3) is 3.58. The molecule has 1 aromatic carbocycles. The molecule has 0 aliphatic heterocycles. The minimum absolute atomic E-state index is 0.0389. The zero-order valence-corrected chi connectivity index (χ0v) is 12.6. The van der Waals surface area contributed by atoms with E-state index in [0.29, 0.717) is 5.56 Å². The van der Waals surface area contributed by atoms with E-state index in [2.05, 4.69) is 4.74 Å². The molecule has 0 fully saturated rings. The van der Waals surface area contributed by atoms with E-state index in [-0.39, 0.29) is 10.6 Å². The van der Waals surface area contributed by atoms with E-state index in [9.17, 15) is 13.2 Å². The standard InChI is InChI=1S/C13H17NO5S/c1-14(2)20(16,17)12-9-10(5-7-11(12)18-3)6-8-13(15)19-4/h5-9H,1-4H3. The first-order chi connectivity index (χ1) is 9.32. The van der Waals surface area contributed by atoms with Crippen LogP contribution < -0.4 is 4.74 Å². The van der Waals surface area contributed by atoms with Crippen molar-refractivity contribution in [3.8, 4) is 5.75 Å². The third-order valence-corrected chi connectivity index (χ3v) is 4.40. The summed E-state index contributed by atoms with van der Waals surface area (Å²) in [7, 11) is 1.91. The molecule has 0 spiro atoms. The van der Waals surface area contributed by atoms with Crippen molar-refractivity contribution in [3.05, 3.63) is 29.8 Å². The SMILES string of the molecule is COC(=O)C=Cc1ccc(OC)c(S(=O)(=O)N(C)C)c1. The highest BCUT2D eigenvalue weighted by Gasteiger charge is 2.22. The van der Waals surface area contributed by atoms with Crippen LogP contribution in [0.2, 0.25) is 0 Å². The topological polar surface area (TPSA) is 72.9 Å². The van der Waals surface area contributed by atoms with Gasteiger partial charge in [-0.15, -0.1) is 0 Å². The number of nitrogens with zero attached hydrogens (tertiary/aromatic N) is 1. The number of hydrogen-bond donors (Lipinski definition) is 0. The van der Waals surface area contributed by atoms with E-state index in [4.69, 9.17) is 4.74 Å². The van der Waals surface area contributed by atoms with E-state index in [0.717, 1.165) is 4.31 Å². The number of ether oxygens (including phenoxy) is 2. The fourth-order valence-electron chi connectivity index (χ4n) is 1.43. The van der Waals surface area contributed by atoms with Crippen molar-refractivity contribution in [2.75, 3.05) is 28.3 Å². The molecular formula is C13H17NO5S. The van der Waals surface area contributed by atoms with Crippen molar-refractivity contribution in [1.82, 2.24) is 4.31 Å². The summed E-state index contributed by atoms with van der Waals surface area (Å²) >= 11 is 0. The van der Waals surface area contributed by atoms with Crippen LogP contribution in [0.25, 0.3) is 6.08 Å². The molecular weight excluding hydrogens is 282 g/mol. The van der Waals surface area contributed by atoms with Crippen LogP contribution in [0.4, 0.5) is 0 Å². The van der Waals surface area contributed by atoms with Crippen LogP contribution in [-0.4, -0.2) is 47.0 Å². The molecule has 0 heterocycles. The van der Waals surface area contributed by atoms with Crippen molar-refractivity contribution >= 4 is 22.1 Å². The van der Waals surface area contributed by atoms with Crippen LogP contribution in [0.5, 0.6) is 5.75 Å². The summed E-state index contributed by atoms with van der Waals surface area (Å²) in [6.45, 7) is 0. The fraction of sp³-hybridized carbons (Fsp3) is 0.308. The summed E-state index contributed by atoms with van der Waals surface area (Å²) in [6, 6.07) is 4.62. The normalized spacial score (nSPS) is 11.8. The van der Waals surface area contributed by atoms with Gasteiger partial charge in [0.2, 0.25) is 10.0 Å². The Morgan fingerprint density at radius 2 is 1.90 bits per heavy atom. The molecule has 0 aromatic heterocycles. The molecule has 0 saturated carbocycles. The summed E-state index contributed by atoms with van der Waals surface area (Å²) in [6.07, 6.45) is 2.69. The molecule has 0 N–H and O–H groups in total. The minimum Gasteiger partial charge on any atom is -0.495 e. The summed E-state index contributed by atoms with van der Waals surface area (Å²) in [5.41, 5.74) is 0.552. The Kier molecular flexibility index (Phi) is 5.29. The first-order valence-corrected chi connectivity index (χ1v) is 7.13. The molecule has 20 heavy (non-hydrogen) atoms. The van der Waals surface area contributed by atoms with Crippen molar-refractivity contribution < 1.29 is 22.7 Å². The molecule has 6 nitrogen and oxygen atoms in total. The number of methoxy groups -OCH3 is 2. The van der Waals surface area contributed by atoms with Gasteiger partial charge in [0.05, 0.1) is 14.2 Å². The van der Waals surface area contributed by atoms with Gasteiger partial charge in [-0.1, -0.05) is 6.07 Å². The second-order valence-electron chi connectivity index (χ2n) is 4.05. The number of carbonyl (C=O) groups is 1. The average Bonchev–Trinajstić information content (AvgIpc) is 2.44. The van der Waals surface area contributed by atoms with Crippen molar-refractivity contribution in [3.63, 3.8) is 0 Å². The second kappa shape index (κ2) is 6.53. The van der Waals surface area contributed by atoms with E-state index < -0.39 is 16.0 Å². The lowest BCUT2D eigenvalue weighted by Gasteiger charge is -2.14. The van der Waals surface area contributed by atoms with Crippen LogP contribution in [-0.2, 0) is 19.6 Å². The van der Waals surface area contributed by atoms with E-state index in [1.54, 1.807) is 6.07 Å². The Morgan fingerprint density at radius 1 is 1.25 bits per heavy atom. The van der Waals surface area contributed by atoms with Gasteiger partial charge in [0.25, 0.3) is 0 Å². The molecule has 0 aliphatic carbocycles. The maximum absolute atomic E-state index is 12.2. The first-order valence-electron chi connectivity index (χ1n) is 5.69. The lowest BCUT2D eigenvalue weighted by atomic mass is 10.2. The Bertz CT molecular complexity index is 620. The van der Waals surface area contributed by atoms with Crippen LogP contribution >= 0.6 is 0 Å². The molecule has 7 heteroatoms. The van der Waals surface area contributed by atoms with Gasteiger partial charge in [0, 0.05) is 20.2 Å². The summed E-state index contributed by atoms with van der Waals surface area (Å²) < 4.78 is 35.0. The monoisotopic (exact) mass is 299 g/mol. The van der Waals surface area contributed by atoms with Crippen LogP contribution in [0.1, 0.15) is 5.56 Å².